The van der Waals surface area contributed by atoms with Gasteiger partial charge in [0.25, 0.3) is 0 Å². The average Bonchev–Trinajstić information content (AvgIpc) is 2.00. The fourth-order valence-electron chi connectivity index (χ4n) is 2.91. The number of rotatable bonds is 1. The normalized spacial score (nSPS) is 52.5. The number of nitro groups is 1. The van der Waals surface area contributed by atoms with Crippen LogP contribution in [0.4, 0.5) is 0 Å². The van der Waals surface area contributed by atoms with Crippen LogP contribution < -0.4 is 5.53 Å². The number of hydrazine groups is 2. The van der Waals surface area contributed by atoms with Gasteiger partial charge in [-0.15, -0.1) is 0 Å². The molecule has 0 aliphatic carbocycles. The third kappa shape index (κ3) is 0.932. The van der Waals surface area contributed by atoms with Crippen molar-refractivity contribution in [1.82, 2.24) is 15.6 Å². The lowest BCUT2D eigenvalue weighted by Crippen LogP contribution is -2.77. The van der Waals surface area contributed by atoms with Crippen molar-refractivity contribution in [1.29, 1.82) is 0 Å². The van der Waals surface area contributed by atoms with E-state index in [1.54, 1.807) is 0 Å². The smallest absolute Gasteiger partial charge is 0.250 e. The zero-order chi connectivity index (χ0) is 9.05. The summed E-state index contributed by atoms with van der Waals surface area (Å²) in [6.45, 7) is 3.05. The molecule has 6 heteroatoms. The predicted octanol–water partition coefficient (Wildman–Crippen LogP) is -0.927. The van der Waals surface area contributed by atoms with Gasteiger partial charge in [0.15, 0.2) is 0 Å². The maximum atomic E-state index is 11.0. The molecule has 1 N–H and O–H groups in total. The first-order valence-corrected chi connectivity index (χ1v) is 4.59. The lowest BCUT2D eigenvalue weighted by atomic mass is 9.79. The van der Waals surface area contributed by atoms with E-state index in [1.807, 2.05) is 10.0 Å². The molecule has 0 saturated carbocycles. The largest absolute Gasteiger partial charge is 0.264 e. The fourth-order valence-corrected chi connectivity index (χ4v) is 2.91. The van der Waals surface area contributed by atoms with Crippen molar-refractivity contribution in [3.63, 3.8) is 0 Å². The number of hydrogen-bond acceptors (Lipinski definition) is 5. The standard InChI is InChI=1S/C7H12N4O2/c12-11(13)7-1-6-2-9(4-7)8-10(3-6)5-7/h6,8H,1-5H2. The Labute approximate surface area is 75.6 Å². The highest BCUT2D eigenvalue weighted by Gasteiger charge is 2.57. The highest BCUT2D eigenvalue weighted by molar-refractivity contribution is 5.00. The Morgan fingerprint density at radius 3 is 2.46 bits per heavy atom. The Balaban J connectivity index is 1.95. The molecule has 4 bridgehead atoms. The van der Waals surface area contributed by atoms with Crippen LogP contribution in [-0.4, -0.2) is 46.7 Å². The van der Waals surface area contributed by atoms with E-state index in [-0.39, 0.29) is 4.92 Å². The number of hydrogen-bond donors (Lipinski definition) is 1. The molecule has 4 saturated heterocycles. The van der Waals surface area contributed by atoms with E-state index in [0.717, 1.165) is 19.5 Å². The zero-order valence-corrected chi connectivity index (χ0v) is 7.27. The summed E-state index contributed by atoms with van der Waals surface area (Å²) in [5.41, 5.74) is 2.47. The summed E-state index contributed by atoms with van der Waals surface area (Å²) in [5.74, 6) is 0.481. The van der Waals surface area contributed by atoms with Crippen LogP contribution in [0.5, 0.6) is 0 Å². The van der Waals surface area contributed by atoms with Crippen LogP contribution in [0.15, 0.2) is 0 Å². The van der Waals surface area contributed by atoms with Crippen LogP contribution in [0.2, 0.25) is 0 Å². The lowest BCUT2D eigenvalue weighted by Gasteiger charge is -2.54. The van der Waals surface area contributed by atoms with Crippen LogP contribution >= 0.6 is 0 Å². The molecule has 2 unspecified atom stereocenters. The van der Waals surface area contributed by atoms with Gasteiger partial charge in [-0.25, -0.2) is 10.0 Å². The molecule has 13 heavy (non-hydrogen) atoms. The molecule has 0 spiro atoms. The van der Waals surface area contributed by atoms with Crippen molar-refractivity contribution in [3.05, 3.63) is 10.1 Å². The van der Waals surface area contributed by atoms with Gasteiger partial charge in [-0.3, -0.25) is 10.1 Å². The number of nitrogens with zero attached hydrogens (tertiary/aromatic N) is 3. The molecule has 4 rings (SSSR count). The Morgan fingerprint density at radius 1 is 1.38 bits per heavy atom. The molecule has 0 aromatic rings. The van der Waals surface area contributed by atoms with Gasteiger partial charge in [0.2, 0.25) is 5.54 Å². The molecule has 2 atom stereocenters. The number of nitrogens with one attached hydrogen (secondary N) is 1. The quantitative estimate of drug-likeness (QED) is 0.421. The second-order valence-electron chi connectivity index (χ2n) is 4.41. The van der Waals surface area contributed by atoms with Crippen LogP contribution in [0.1, 0.15) is 6.42 Å². The minimum Gasteiger partial charge on any atom is -0.264 e. The first kappa shape index (κ1) is 7.66. The predicted molar refractivity (Wildman–Crippen MR) is 44.1 cm³/mol. The fraction of sp³-hybridized carbons (Fsp3) is 1.00. The molecule has 4 aliphatic rings. The van der Waals surface area contributed by atoms with Crippen LogP contribution in [0.3, 0.4) is 0 Å². The molecule has 4 fully saturated rings. The molecule has 0 radical (unpaired) electrons. The molecule has 4 heterocycles. The summed E-state index contributed by atoms with van der Waals surface area (Å²) in [6, 6.07) is 0. The lowest BCUT2D eigenvalue weighted by molar-refractivity contribution is -0.590. The minimum atomic E-state index is -0.688. The summed E-state index contributed by atoms with van der Waals surface area (Å²) in [7, 11) is 0. The second kappa shape index (κ2) is 2.20. The molecule has 72 valence electrons. The Morgan fingerprint density at radius 2 is 2.00 bits per heavy atom. The van der Waals surface area contributed by atoms with Crippen molar-refractivity contribution < 1.29 is 4.92 Å². The van der Waals surface area contributed by atoms with E-state index in [2.05, 4.69) is 5.53 Å². The highest BCUT2D eigenvalue weighted by Crippen LogP contribution is 2.36. The van der Waals surface area contributed by atoms with Gasteiger partial charge in [-0.05, 0) is 5.92 Å². The minimum absolute atomic E-state index is 0.0842. The second-order valence-corrected chi connectivity index (χ2v) is 4.41. The van der Waals surface area contributed by atoms with Crippen molar-refractivity contribution in [2.24, 2.45) is 5.92 Å². The Bertz CT molecular complexity index is 232. The van der Waals surface area contributed by atoms with E-state index in [9.17, 15) is 10.1 Å². The molecule has 4 aliphatic heterocycles. The van der Waals surface area contributed by atoms with Crippen molar-refractivity contribution in [3.8, 4) is 0 Å². The molecular weight excluding hydrogens is 172 g/mol. The Kier molecular flexibility index (Phi) is 1.30. The SMILES string of the molecule is O=[N+]([O-])C12CC3CN(C1)NN(C3)C2. The summed E-state index contributed by atoms with van der Waals surface area (Å²) in [6.07, 6.45) is 0.759. The third-order valence-corrected chi connectivity index (χ3v) is 3.27. The third-order valence-electron chi connectivity index (χ3n) is 3.27. The molecule has 0 aromatic carbocycles. The average molecular weight is 184 g/mol. The molecule has 0 aromatic heterocycles. The van der Waals surface area contributed by atoms with Gasteiger partial charge in [-0.1, -0.05) is 0 Å². The van der Waals surface area contributed by atoms with Gasteiger partial charge in [0.1, 0.15) is 0 Å². The van der Waals surface area contributed by atoms with Crippen molar-refractivity contribution in [2.75, 3.05) is 26.2 Å². The zero-order valence-electron chi connectivity index (χ0n) is 7.27. The molecular formula is C7H12N4O2. The summed E-state index contributed by atoms with van der Waals surface area (Å²) < 4.78 is 0. The molecule has 6 nitrogen and oxygen atoms in total. The molecule has 0 amide bonds. The van der Waals surface area contributed by atoms with Crippen LogP contribution in [0.25, 0.3) is 0 Å². The summed E-state index contributed by atoms with van der Waals surface area (Å²) in [5, 5.41) is 14.9. The monoisotopic (exact) mass is 184 g/mol. The highest BCUT2D eigenvalue weighted by atomic mass is 16.6. The van der Waals surface area contributed by atoms with E-state index in [1.165, 1.54) is 0 Å². The summed E-state index contributed by atoms with van der Waals surface area (Å²) in [4.78, 5) is 10.9. The van der Waals surface area contributed by atoms with E-state index >= 15 is 0 Å². The maximum Gasteiger partial charge on any atom is 0.250 e. The van der Waals surface area contributed by atoms with Gasteiger partial charge in [0.05, 0.1) is 13.1 Å². The van der Waals surface area contributed by atoms with E-state index in [4.69, 9.17) is 0 Å². The van der Waals surface area contributed by atoms with E-state index < -0.39 is 5.54 Å². The van der Waals surface area contributed by atoms with Gasteiger partial charge >= 0.3 is 0 Å². The summed E-state index contributed by atoms with van der Waals surface area (Å²) >= 11 is 0. The van der Waals surface area contributed by atoms with Gasteiger partial charge in [-0.2, -0.15) is 5.53 Å². The van der Waals surface area contributed by atoms with Gasteiger partial charge < -0.3 is 0 Å². The first-order valence-electron chi connectivity index (χ1n) is 4.59. The van der Waals surface area contributed by atoms with Crippen LogP contribution in [-0.2, 0) is 0 Å². The topological polar surface area (TPSA) is 61.7 Å². The maximum absolute atomic E-state index is 11.0. The first-order chi connectivity index (χ1) is 6.18. The Hall–Kier alpha value is -0.720. The number of piperidine rings is 2. The van der Waals surface area contributed by atoms with Crippen LogP contribution in [0, 0.1) is 16.0 Å². The van der Waals surface area contributed by atoms with E-state index in [0.29, 0.717) is 19.0 Å². The van der Waals surface area contributed by atoms with Crippen molar-refractivity contribution in [2.45, 2.75) is 12.0 Å². The van der Waals surface area contributed by atoms with Gasteiger partial charge in [0, 0.05) is 24.4 Å². The van der Waals surface area contributed by atoms with Crippen molar-refractivity contribution >= 4 is 0 Å².